The summed E-state index contributed by atoms with van der Waals surface area (Å²) >= 11 is 2.17. The zero-order valence-corrected chi connectivity index (χ0v) is 8.41. The molecule has 66 valence electrons. The number of hydrogen-bond donors (Lipinski definition) is 1. The molecule has 0 spiro atoms. The molecule has 1 heterocycles. The van der Waals surface area contributed by atoms with Crippen molar-refractivity contribution in [1.82, 2.24) is 5.32 Å². The van der Waals surface area contributed by atoms with Gasteiger partial charge in [0.1, 0.15) is 0 Å². The minimum Gasteiger partial charge on any atom is -0.317 e. The highest BCUT2D eigenvalue weighted by atomic mass is 32.2. The van der Waals surface area contributed by atoms with E-state index in [9.17, 15) is 0 Å². The summed E-state index contributed by atoms with van der Waals surface area (Å²) in [4.78, 5) is 0. The van der Waals surface area contributed by atoms with Crippen LogP contribution in [0.5, 0.6) is 0 Å². The van der Waals surface area contributed by atoms with Gasteiger partial charge < -0.3 is 5.32 Å². The molecule has 0 bridgehead atoms. The first kappa shape index (κ1) is 9.40. The third-order valence-electron chi connectivity index (χ3n) is 1.95. The molecule has 1 fully saturated rings. The van der Waals surface area contributed by atoms with Crippen LogP contribution in [0.4, 0.5) is 0 Å². The summed E-state index contributed by atoms with van der Waals surface area (Å²) in [5.41, 5.74) is 0. The summed E-state index contributed by atoms with van der Waals surface area (Å²) in [7, 11) is 0. The van der Waals surface area contributed by atoms with E-state index in [1.165, 1.54) is 31.7 Å². The van der Waals surface area contributed by atoms with Crippen LogP contribution in [-0.2, 0) is 0 Å². The maximum atomic E-state index is 3.39. The number of piperidine rings is 1. The SMILES string of the molecule is CC(C)CSC1CCNCC1. The number of rotatable bonds is 3. The molecular weight excluding hydrogens is 154 g/mol. The van der Waals surface area contributed by atoms with E-state index >= 15 is 0 Å². The van der Waals surface area contributed by atoms with Gasteiger partial charge in [-0.25, -0.2) is 0 Å². The van der Waals surface area contributed by atoms with Crippen molar-refractivity contribution >= 4 is 11.8 Å². The Hall–Kier alpha value is 0.310. The van der Waals surface area contributed by atoms with E-state index in [0.717, 1.165) is 11.2 Å². The van der Waals surface area contributed by atoms with Crippen LogP contribution in [-0.4, -0.2) is 24.1 Å². The fourth-order valence-corrected chi connectivity index (χ4v) is 2.52. The first-order valence-corrected chi connectivity index (χ1v) is 5.66. The molecule has 2 heteroatoms. The molecule has 1 N–H and O–H groups in total. The second-order valence-electron chi connectivity index (χ2n) is 3.68. The van der Waals surface area contributed by atoms with Crippen molar-refractivity contribution in [3.63, 3.8) is 0 Å². The van der Waals surface area contributed by atoms with Crippen LogP contribution in [0.2, 0.25) is 0 Å². The molecule has 0 amide bonds. The third-order valence-corrected chi connectivity index (χ3v) is 3.75. The van der Waals surface area contributed by atoms with Crippen molar-refractivity contribution in [2.75, 3.05) is 18.8 Å². The summed E-state index contributed by atoms with van der Waals surface area (Å²) < 4.78 is 0. The molecule has 0 atom stereocenters. The lowest BCUT2D eigenvalue weighted by atomic mass is 10.2. The van der Waals surface area contributed by atoms with Crippen molar-refractivity contribution in [2.45, 2.75) is 31.9 Å². The Morgan fingerprint density at radius 2 is 2.00 bits per heavy atom. The van der Waals surface area contributed by atoms with Crippen LogP contribution >= 0.6 is 11.8 Å². The summed E-state index contributed by atoms with van der Waals surface area (Å²) in [6, 6.07) is 0. The Morgan fingerprint density at radius 1 is 1.36 bits per heavy atom. The third kappa shape index (κ3) is 4.02. The maximum Gasteiger partial charge on any atom is 0.00712 e. The first-order chi connectivity index (χ1) is 5.29. The Balaban J connectivity index is 2.05. The Kier molecular flexibility index (Phi) is 4.31. The van der Waals surface area contributed by atoms with E-state index in [4.69, 9.17) is 0 Å². The van der Waals surface area contributed by atoms with Crippen LogP contribution in [0, 0.1) is 5.92 Å². The van der Waals surface area contributed by atoms with Gasteiger partial charge in [0.25, 0.3) is 0 Å². The Bertz CT molecular complexity index is 97.7. The molecule has 0 unspecified atom stereocenters. The second-order valence-corrected chi connectivity index (χ2v) is 5.01. The van der Waals surface area contributed by atoms with E-state index in [2.05, 4.69) is 30.9 Å². The molecule has 0 aromatic carbocycles. The topological polar surface area (TPSA) is 12.0 Å². The standard InChI is InChI=1S/C9H19NS/c1-8(2)7-11-9-3-5-10-6-4-9/h8-10H,3-7H2,1-2H3. The largest absolute Gasteiger partial charge is 0.317 e. The summed E-state index contributed by atoms with van der Waals surface area (Å²) in [6.45, 7) is 7.06. The zero-order chi connectivity index (χ0) is 8.10. The van der Waals surface area contributed by atoms with Crippen molar-refractivity contribution < 1.29 is 0 Å². The lowest BCUT2D eigenvalue weighted by Gasteiger charge is -2.22. The lowest BCUT2D eigenvalue weighted by molar-refractivity contribution is 0.530. The average Bonchev–Trinajstić information content (AvgIpc) is 2.03. The van der Waals surface area contributed by atoms with E-state index < -0.39 is 0 Å². The van der Waals surface area contributed by atoms with Gasteiger partial charge in [0.05, 0.1) is 0 Å². The van der Waals surface area contributed by atoms with Gasteiger partial charge in [0.15, 0.2) is 0 Å². The minimum absolute atomic E-state index is 0.856. The lowest BCUT2D eigenvalue weighted by Crippen LogP contribution is -2.29. The molecule has 11 heavy (non-hydrogen) atoms. The highest BCUT2D eigenvalue weighted by Crippen LogP contribution is 2.21. The van der Waals surface area contributed by atoms with Crippen molar-refractivity contribution in [3.05, 3.63) is 0 Å². The smallest absolute Gasteiger partial charge is 0.00712 e. The van der Waals surface area contributed by atoms with Crippen molar-refractivity contribution in [3.8, 4) is 0 Å². The van der Waals surface area contributed by atoms with Crippen LogP contribution in [0.15, 0.2) is 0 Å². The van der Waals surface area contributed by atoms with Gasteiger partial charge in [-0.15, -0.1) is 0 Å². The Morgan fingerprint density at radius 3 is 2.55 bits per heavy atom. The number of hydrogen-bond acceptors (Lipinski definition) is 2. The van der Waals surface area contributed by atoms with Gasteiger partial charge in [0, 0.05) is 5.25 Å². The number of thioether (sulfide) groups is 1. The van der Waals surface area contributed by atoms with Gasteiger partial charge in [-0.3, -0.25) is 0 Å². The molecule has 1 nitrogen and oxygen atoms in total. The van der Waals surface area contributed by atoms with Crippen LogP contribution in [0.25, 0.3) is 0 Å². The van der Waals surface area contributed by atoms with E-state index in [-0.39, 0.29) is 0 Å². The maximum absolute atomic E-state index is 3.39. The fraction of sp³-hybridized carbons (Fsp3) is 1.00. The predicted octanol–water partition coefficient (Wildman–Crippen LogP) is 2.13. The molecule has 0 aliphatic carbocycles. The van der Waals surface area contributed by atoms with Gasteiger partial charge in [-0.05, 0) is 37.6 Å². The summed E-state index contributed by atoms with van der Waals surface area (Å²) in [6.07, 6.45) is 2.74. The van der Waals surface area contributed by atoms with Gasteiger partial charge in [-0.1, -0.05) is 13.8 Å². The highest BCUT2D eigenvalue weighted by Gasteiger charge is 2.12. The molecule has 0 aromatic heterocycles. The molecule has 0 radical (unpaired) electrons. The molecule has 0 aromatic rings. The van der Waals surface area contributed by atoms with Crippen molar-refractivity contribution in [2.24, 2.45) is 5.92 Å². The van der Waals surface area contributed by atoms with Gasteiger partial charge >= 0.3 is 0 Å². The highest BCUT2D eigenvalue weighted by molar-refractivity contribution is 7.99. The van der Waals surface area contributed by atoms with Crippen molar-refractivity contribution in [1.29, 1.82) is 0 Å². The molecule has 1 aliphatic rings. The van der Waals surface area contributed by atoms with E-state index in [0.29, 0.717) is 0 Å². The molecule has 1 rings (SSSR count). The predicted molar refractivity (Wildman–Crippen MR) is 53.2 cm³/mol. The summed E-state index contributed by atoms with van der Waals surface area (Å²) in [5.74, 6) is 2.19. The summed E-state index contributed by atoms with van der Waals surface area (Å²) in [5, 5.41) is 4.33. The molecule has 1 saturated heterocycles. The van der Waals surface area contributed by atoms with Crippen LogP contribution < -0.4 is 5.32 Å². The van der Waals surface area contributed by atoms with E-state index in [1.807, 2.05) is 0 Å². The monoisotopic (exact) mass is 173 g/mol. The fourth-order valence-electron chi connectivity index (χ4n) is 1.29. The number of nitrogens with one attached hydrogen (secondary N) is 1. The van der Waals surface area contributed by atoms with Crippen LogP contribution in [0.3, 0.4) is 0 Å². The second kappa shape index (κ2) is 5.04. The quantitative estimate of drug-likeness (QED) is 0.701. The average molecular weight is 173 g/mol. The first-order valence-electron chi connectivity index (χ1n) is 4.61. The normalized spacial score (nSPS) is 21.0. The Labute approximate surface area is 74.3 Å². The van der Waals surface area contributed by atoms with Gasteiger partial charge in [-0.2, -0.15) is 11.8 Å². The molecule has 0 saturated carbocycles. The van der Waals surface area contributed by atoms with Crippen LogP contribution in [0.1, 0.15) is 26.7 Å². The zero-order valence-electron chi connectivity index (χ0n) is 7.60. The van der Waals surface area contributed by atoms with Gasteiger partial charge in [0.2, 0.25) is 0 Å². The minimum atomic E-state index is 0.856. The van der Waals surface area contributed by atoms with E-state index in [1.54, 1.807) is 0 Å². The molecule has 1 aliphatic heterocycles. The molecular formula is C9H19NS.